The largest absolute Gasteiger partial charge is 0.248 e. The minimum absolute atomic E-state index is 0.381. The highest BCUT2D eigenvalue weighted by Crippen LogP contribution is 2.33. The van der Waals surface area contributed by atoms with Crippen LogP contribution in [0.2, 0.25) is 0 Å². The first-order valence-corrected chi connectivity index (χ1v) is 7.01. The zero-order valence-corrected chi connectivity index (χ0v) is 11.0. The first kappa shape index (κ1) is 12.1. The lowest BCUT2D eigenvalue weighted by atomic mass is 10.3. The topological polar surface area (TPSA) is 80.3 Å². The van der Waals surface area contributed by atoms with E-state index >= 15 is 0 Å². The van der Waals surface area contributed by atoms with Crippen LogP contribution in [-0.2, 0) is 0 Å². The van der Waals surface area contributed by atoms with Crippen LogP contribution in [0, 0.1) is 11.3 Å². The van der Waals surface area contributed by atoms with Crippen LogP contribution in [0.4, 0.5) is 0 Å². The Morgan fingerprint density at radius 3 is 3.00 bits per heavy atom. The van der Waals surface area contributed by atoms with Crippen molar-refractivity contribution in [3.05, 3.63) is 23.9 Å². The Kier molecular flexibility index (Phi) is 3.42. The maximum absolute atomic E-state index is 9.07. The third-order valence-corrected chi connectivity index (χ3v) is 4.18. The van der Waals surface area contributed by atoms with E-state index in [4.69, 9.17) is 5.26 Å². The van der Waals surface area contributed by atoms with Crippen molar-refractivity contribution >= 4 is 11.8 Å². The van der Waals surface area contributed by atoms with E-state index in [0.29, 0.717) is 21.8 Å². The summed E-state index contributed by atoms with van der Waals surface area (Å²) in [5, 5.41) is 22.3. The molecule has 0 atom stereocenters. The maximum Gasteiger partial charge on any atom is 0.215 e. The molecule has 0 radical (unpaired) electrons. The Bertz CT molecular complexity index is 611. The molecule has 0 bridgehead atoms. The molecule has 2 heterocycles. The maximum atomic E-state index is 9.07. The Balaban J connectivity index is 1.88. The molecule has 1 aliphatic rings. The Morgan fingerprint density at radius 2 is 2.21 bits per heavy atom. The van der Waals surface area contributed by atoms with Gasteiger partial charge in [-0.15, -0.1) is 5.10 Å². The van der Waals surface area contributed by atoms with Crippen molar-refractivity contribution in [2.75, 3.05) is 0 Å². The van der Waals surface area contributed by atoms with E-state index < -0.39 is 0 Å². The molecule has 0 unspecified atom stereocenters. The summed E-state index contributed by atoms with van der Waals surface area (Å²) in [6.07, 6.45) is 6.36. The van der Waals surface area contributed by atoms with Crippen LogP contribution in [0.25, 0.3) is 0 Å². The van der Waals surface area contributed by atoms with Crippen molar-refractivity contribution in [3.63, 3.8) is 0 Å². The van der Waals surface area contributed by atoms with Crippen molar-refractivity contribution in [2.45, 2.75) is 41.9 Å². The van der Waals surface area contributed by atoms with Crippen LogP contribution in [0.1, 0.15) is 37.3 Å². The summed E-state index contributed by atoms with van der Waals surface area (Å²) < 4.78 is 1.87. The third-order valence-electron chi connectivity index (χ3n) is 3.21. The van der Waals surface area contributed by atoms with Crippen molar-refractivity contribution < 1.29 is 0 Å². The van der Waals surface area contributed by atoms with Gasteiger partial charge in [-0.25, -0.2) is 9.67 Å². The van der Waals surface area contributed by atoms with Crippen LogP contribution in [0.15, 0.2) is 28.5 Å². The number of tetrazole rings is 1. The molecule has 0 saturated heterocycles. The second-order valence-electron chi connectivity index (χ2n) is 4.41. The third kappa shape index (κ3) is 2.44. The van der Waals surface area contributed by atoms with Gasteiger partial charge in [-0.05, 0) is 47.2 Å². The van der Waals surface area contributed by atoms with Crippen molar-refractivity contribution in [1.29, 1.82) is 5.26 Å². The van der Waals surface area contributed by atoms with Gasteiger partial charge >= 0.3 is 0 Å². The molecule has 3 rings (SSSR count). The van der Waals surface area contributed by atoms with Gasteiger partial charge in [0.1, 0.15) is 11.1 Å². The normalized spacial score (nSPS) is 15.5. The Labute approximate surface area is 114 Å². The fraction of sp³-hybridized carbons (Fsp3) is 0.417. The van der Waals surface area contributed by atoms with Crippen LogP contribution < -0.4 is 0 Å². The minimum Gasteiger partial charge on any atom is -0.248 e. The fourth-order valence-corrected chi connectivity index (χ4v) is 3.14. The van der Waals surface area contributed by atoms with Gasteiger partial charge in [0.05, 0.1) is 11.6 Å². The Hall–Kier alpha value is -1.94. The molecule has 1 fully saturated rings. The van der Waals surface area contributed by atoms with E-state index in [9.17, 15) is 0 Å². The second kappa shape index (κ2) is 5.36. The van der Waals surface area contributed by atoms with Crippen molar-refractivity contribution in [3.8, 4) is 6.07 Å². The van der Waals surface area contributed by atoms with Crippen LogP contribution >= 0.6 is 11.8 Å². The summed E-state index contributed by atoms with van der Waals surface area (Å²) in [7, 11) is 0. The first-order valence-electron chi connectivity index (χ1n) is 6.19. The number of hydrogen-bond donors (Lipinski definition) is 0. The lowest BCUT2D eigenvalue weighted by Gasteiger charge is -2.10. The number of pyridine rings is 1. The molecular formula is C12H12N6S. The molecule has 2 aromatic rings. The molecule has 0 aromatic carbocycles. The summed E-state index contributed by atoms with van der Waals surface area (Å²) in [6, 6.07) is 6.02. The summed E-state index contributed by atoms with van der Waals surface area (Å²) in [5.41, 5.74) is 0.550. The predicted molar refractivity (Wildman–Crippen MR) is 68.4 cm³/mol. The standard InChI is InChI=1S/C12H12N6S/c13-8-9-4-3-7-14-11(9)19-12-15-16-17-18(12)10-5-1-2-6-10/h3-4,7,10H,1-2,5-6H2. The number of nitrogens with zero attached hydrogens (tertiary/aromatic N) is 6. The molecule has 2 aromatic heterocycles. The van der Waals surface area contributed by atoms with Crippen LogP contribution in [-0.4, -0.2) is 25.2 Å². The van der Waals surface area contributed by atoms with Crippen LogP contribution in [0.5, 0.6) is 0 Å². The van der Waals surface area contributed by atoms with E-state index in [1.807, 2.05) is 4.68 Å². The summed E-state index contributed by atoms with van der Waals surface area (Å²) in [6.45, 7) is 0. The van der Waals surface area contributed by atoms with Crippen LogP contribution in [0.3, 0.4) is 0 Å². The number of aromatic nitrogens is 5. The molecule has 7 heteroatoms. The van der Waals surface area contributed by atoms with Gasteiger partial charge < -0.3 is 0 Å². The lowest BCUT2D eigenvalue weighted by molar-refractivity contribution is 0.423. The molecule has 0 N–H and O–H groups in total. The average Bonchev–Trinajstić information content (AvgIpc) is 3.09. The quantitative estimate of drug-likeness (QED) is 0.852. The van der Waals surface area contributed by atoms with Crippen molar-refractivity contribution in [2.24, 2.45) is 0 Å². The van der Waals surface area contributed by atoms with Gasteiger partial charge in [-0.1, -0.05) is 12.8 Å². The summed E-state index contributed by atoms with van der Waals surface area (Å²) in [4.78, 5) is 4.22. The van der Waals surface area contributed by atoms with Gasteiger partial charge in [0.15, 0.2) is 0 Å². The number of nitriles is 1. The Morgan fingerprint density at radius 1 is 1.37 bits per heavy atom. The van der Waals surface area contributed by atoms with Gasteiger partial charge in [-0.3, -0.25) is 0 Å². The molecule has 19 heavy (non-hydrogen) atoms. The highest BCUT2D eigenvalue weighted by Gasteiger charge is 2.22. The highest BCUT2D eigenvalue weighted by molar-refractivity contribution is 7.99. The zero-order valence-electron chi connectivity index (χ0n) is 10.2. The summed E-state index contributed by atoms with van der Waals surface area (Å²) in [5.74, 6) is 0. The van der Waals surface area contributed by atoms with E-state index in [1.54, 1.807) is 18.3 Å². The SMILES string of the molecule is N#Cc1cccnc1Sc1nnnn1C1CCCC1. The van der Waals surface area contributed by atoms with E-state index in [0.717, 1.165) is 12.8 Å². The molecule has 1 saturated carbocycles. The molecule has 0 amide bonds. The minimum atomic E-state index is 0.381. The smallest absolute Gasteiger partial charge is 0.215 e. The predicted octanol–water partition coefficient (Wildman–Crippen LogP) is 2.21. The monoisotopic (exact) mass is 272 g/mol. The molecule has 96 valence electrons. The number of hydrogen-bond acceptors (Lipinski definition) is 6. The molecule has 6 nitrogen and oxygen atoms in total. The number of rotatable bonds is 3. The van der Waals surface area contributed by atoms with E-state index in [-0.39, 0.29) is 0 Å². The lowest BCUT2D eigenvalue weighted by Crippen LogP contribution is -2.08. The highest BCUT2D eigenvalue weighted by atomic mass is 32.2. The fourth-order valence-electron chi connectivity index (χ4n) is 2.27. The second-order valence-corrected chi connectivity index (χ2v) is 5.37. The van der Waals surface area contributed by atoms with E-state index in [1.165, 1.54) is 24.6 Å². The zero-order chi connectivity index (χ0) is 13.1. The van der Waals surface area contributed by atoms with E-state index in [2.05, 4.69) is 26.6 Å². The molecule has 0 spiro atoms. The molecule has 0 aliphatic heterocycles. The van der Waals surface area contributed by atoms with Gasteiger partial charge in [0, 0.05) is 6.20 Å². The molecular weight excluding hydrogens is 260 g/mol. The van der Waals surface area contributed by atoms with Gasteiger partial charge in [0.2, 0.25) is 5.16 Å². The molecule has 1 aliphatic carbocycles. The average molecular weight is 272 g/mol. The van der Waals surface area contributed by atoms with Crippen molar-refractivity contribution in [1.82, 2.24) is 25.2 Å². The van der Waals surface area contributed by atoms with Gasteiger partial charge in [0.25, 0.3) is 0 Å². The first-order chi connectivity index (χ1) is 9.38. The van der Waals surface area contributed by atoms with Gasteiger partial charge in [-0.2, -0.15) is 5.26 Å². The summed E-state index contributed by atoms with van der Waals surface area (Å²) >= 11 is 1.35.